The van der Waals surface area contributed by atoms with Crippen LogP contribution in [0.5, 0.6) is 0 Å². The third kappa shape index (κ3) is 2.60. The van der Waals surface area contributed by atoms with E-state index in [0.29, 0.717) is 31.1 Å². The zero-order valence-electron chi connectivity index (χ0n) is 8.26. The Bertz CT molecular complexity index is 412. The van der Waals surface area contributed by atoms with Crippen LogP contribution >= 0.6 is 0 Å². The summed E-state index contributed by atoms with van der Waals surface area (Å²) in [5, 5.41) is 3.81. The first kappa shape index (κ1) is 9.79. The van der Waals surface area contributed by atoms with Gasteiger partial charge in [-0.25, -0.2) is 0 Å². The van der Waals surface area contributed by atoms with Gasteiger partial charge in [-0.2, -0.15) is 4.98 Å². The highest BCUT2D eigenvalue weighted by molar-refractivity contribution is 5.08. The quantitative estimate of drug-likeness (QED) is 0.787. The van der Waals surface area contributed by atoms with E-state index in [9.17, 15) is 0 Å². The average molecular weight is 204 g/mol. The molecule has 2 aromatic heterocycles. The molecule has 0 aliphatic rings. The van der Waals surface area contributed by atoms with Gasteiger partial charge in [-0.3, -0.25) is 4.98 Å². The number of nitrogens with two attached hydrogens (primary N) is 1. The summed E-state index contributed by atoms with van der Waals surface area (Å²) in [7, 11) is 0. The molecule has 5 nitrogen and oxygen atoms in total. The zero-order chi connectivity index (χ0) is 10.5. The fourth-order valence-electron chi connectivity index (χ4n) is 1.25. The molecule has 0 saturated heterocycles. The van der Waals surface area contributed by atoms with E-state index in [1.807, 2.05) is 18.2 Å². The van der Waals surface area contributed by atoms with Crippen molar-refractivity contribution in [3.8, 4) is 0 Å². The van der Waals surface area contributed by atoms with Gasteiger partial charge in [0.2, 0.25) is 5.89 Å². The van der Waals surface area contributed by atoms with E-state index in [1.54, 1.807) is 6.20 Å². The second-order valence-corrected chi connectivity index (χ2v) is 3.14. The van der Waals surface area contributed by atoms with Gasteiger partial charge in [0.05, 0.1) is 6.42 Å². The van der Waals surface area contributed by atoms with Crippen LogP contribution in [0.15, 0.2) is 28.9 Å². The monoisotopic (exact) mass is 204 g/mol. The number of rotatable bonds is 4. The Labute approximate surface area is 87.3 Å². The lowest BCUT2D eigenvalue weighted by molar-refractivity contribution is 0.378. The number of nitrogens with zero attached hydrogens (tertiary/aromatic N) is 3. The Balaban J connectivity index is 2.05. The molecule has 0 fully saturated rings. The van der Waals surface area contributed by atoms with Gasteiger partial charge in [0, 0.05) is 18.3 Å². The molecule has 2 N–H and O–H groups in total. The van der Waals surface area contributed by atoms with Crippen molar-refractivity contribution in [2.45, 2.75) is 12.8 Å². The van der Waals surface area contributed by atoms with E-state index in [2.05, 4.69) is 15.1 Å². The summed E-state index contributed by atoms with van der Waals surface area (Å²) in [6.07, 6.45) is 2.95. The smallest absolute Gasteiger partial charge is 0.232 e. The van der Waals surface area contributed by atoms with E-state index in [-0.39, 0.29) is 0 Å². The number of hydrogen-bond acceptors (Lipinski definition) is 5. The van der Waals surface area contributed by atoms with Crippen LogP contribution in [-0.2, 0) is 12.8 Å². The van der Waals surface area contributed by atoms with Crippen molar-refractivity contribution in [1.29, 1.82) is 0 Å². The van der Waals surface area contributed by atoms with Crippen molar-refractivity contribution in [2.75, 3.05) is 6.54 Å². The fourth-order valence-corrected chi connectivity index (χ4v) is 1.25. The van der Waals surface area contributed by atoms with Crippen LogP contribution in [-0.4, -0.2) is 21.7 Å². The van der Waals surface area contributed by atoms with Gasteiger partial charge in [-0.05, 0) is 18.7 Å². The van der Waals surface area contributed by atoms with E-state index in [4.69, 9.17) is 10.3 Å². The zero-order valence-corrected chi connectivity index (χ0v) is 8.26. The van der Waals surface area contributed by atoms with Crippen LogP contribution in [0, 0.1) is 0 Å². The minimum atomic E-state index is 0.530. The van der Waals surface area contributed by atoms with Crippen molar-refractivity contribution in [2.24, 2.45) is 5.73 Å². The first-order valence-corrected chi connectivity index (χ1v) is 4.80. The maximum atomic E-state index is 5.39. The summed E-state index contributed by atoms with van der Waals surface area (Å²) in [6, 6.07) is 5.73. The van der Waals surface area contributed by atoms with Gasteiger partial charge in [0.15, 0.2) is 5.82 Å². The van der Waals surface area contributed by atoms with Gasteiger partial charge in [0.1, 0.15) is 0 Å². The summed E-state index contributed by atoms with van der Waals surface area (Å²) in [4.78, 5) is 8.37. The number of aromatic nitrogens is 3. The minimum absolute atomic E-state index is 0.530. The Hall–Kier alpha value is -1.75. The molecule has 0 bridgehead atoms. The number of pyridine rings is 1. The van der Waals surface area contributed by atoms with Crippen LogP contribution in [0.25, 0.3) is 0 Å². The van der Waals surface area contributed by atoms with Crippen LogP contribution in [0.4, 0.5) is 0 Å². The first-order chi connectivity index (χ1) is 7.38. The molecule has 15 heavy (non-hydrogen) atoms. The Kier molecular flexibility index (Phi) is 3.04. The van der Waals surface area contributed by atoms with Crippen LogP contribution < -0.4 is 5.73 Å². The molecule has 5 heteroatoms. The molecule has 2 aromatic rings. The SMILES string of the molecule is NCCc1noc(Cc2ccccn2)n1. The average Bonchev–Trinajstić information content (AvgIpc) is 2.68. The molecule has 0 aliphatic heterocycles. The van der Waals surface area contributed by atoms with E-state index in [0.717, 1.165) is 5.69 Å². The number of hydrogen-bond donors (Lipinski definition) is 1. The Morgan fingerprint density at radius 1 is 1.33 bits per heavy atom. The van der Waals surface area contributed by atoms with Crippen LogP contribution in [0.2, 0.25) is 0 Å². The normalized spacial score (nSPS) is 10.5. The highest BCUT2D eigenvalue weighted by atomic mass is 16.5. The van der Waals surface area contributed by atoms with Crippen molar-refractivity contribution in [1.82, 2.24) is 15.1 Å². The minimum Gasteiger partial charge on any atom is -0.339 e. The summed E-state index contributed by atoms with van der Waals surface area (Å²) in [5.74, 6) is 1.24. The second kappa shape index (κ2) is 4.65. The van der Waals surface area contributed by atoms with Gasteiger partial charge in [-0.15, -0.1) is 0 Å². The molecule has 2 rings (SSSR count). The van der Waals surface area contributed by atoms with Crippen molar-refractivity contribution < 1.29 is 4.52 Å². The lowest BCUT2D eigenvalue weighted by atomic mass is 10.3. The van der Waals surface area contributed by atoms with Crippen molar-refractivity contribution in [3.05, 3.63) is 41.8 Å². The molecule has 0 saturated carbocycles. The molecule has 0 atom stereocenters. The molecule has 0 amide bonds. The van der Waals surface area contributed by atoms with Crippen LogP contribution in [0.3, 0.4) is 0 Å². The maximum Gasteiger partial charge on any atom is 0.232 e. The Morgan fingerprint density at radius 2 is 2.27 bits per heavy atom. The molecular formula is C10H12N4O. The maximum absolute atomic E-state index is 5.39. The molecular weight excluding hydrogens is 192 g/mol. The highest BCUT2D eigenvalue weighted by Gasteiger charge is 2.06. The lowest BCUT2D eigenvalue weighted by Gasteiger charge is -1.92. The van der Waals surface area contributed by atoms with Gasteiger partial charge >= 0.3 is 0 Å². The molecule has 0 aliphatic carbocycles. The molecule has 0 aromatic carbocycles. The van der Waals surface area contributed by atoms with Gasteiger partial charge in [0.25, 0.3) is 0 Å². The van der Waals surface area contributed by atoms with Gasteiger partial charge < -0.3 is 10.3 Å². The predicted molar refractivity (Wildman–Crippen MR) is 54.1 cm³/mol. The highest BCUT2D eigenvalue weighted by Crippen LogP contribution is 2.04. The first-order valence-electron chi connectivity index (χ1n) is 4.80. The third-order valence-electron chi connectivity index (χ3n) is 1.94. The molecule has 0 unspecified atom stereocenters. The summed E-state index contributed by atoms with van der Waals surface area (Å²) in [6.45, 7) is 0.530. The molecule has 0 radical (unpaired) electrons. The summed E-state index contributed by atoms with van der Waals surface area (Å²) >= 11 is 0. The predicted octanol–water partition coefficient (Wildman–Crippen LogP) is 0.557. The molecule has 78 valence electrons. The molecule has 0 spiro atoms. The Morgan fingerprint density at radius 3 is 3.00 bits per heavy atom. The fraction of sp³-hybridized carbons (Fsp3) is 0.300. The second-order valence-electron chi connectivity index (χ2n) is 3.14. The van der Waals surface area contributed by atoms with Gasteiger partial charge in [-0.1, -0.05) is 11.2 Å². The van der Waals surface area contributed by atoms with E-state index >= 15 is 0 Å². The van der Waals surface area contributed by atoms with Crippen molar-refractivity contribution in [3.63, 3.8) is 0 Å². The summed E-state index contributed by atoms with van der Waals surface area (Å²) < 4.78 is 5.06. The van der Waals surface area contributed by atoms with Crippen molar-refractivity contribution >= 4 is 0 Å². The standard InChI is InChI=1S/C10H12N4O/c11-5-4-9-13-10(15-14-9)7-8-3-1-2-6-12-8/h1-3,6H,4-5,7,11H2. The van der Waals surface area contributed by atoms with E-state index in [1.165, 1.54) is 0 Å². The molecule has 2 heterocycles. The van der Waals surface area contributed by atoms with E-state index < -0.39 is 0 Å². The largest absolute Gasteiger partial charge is 0.339 e. The lowest BCUT2D eigenvalue weighted by Crippen LogP contribution is -2.04. The summed E-state index contributed by atoms with van der Waals surface area (Å²) in [5.41, 5.74) is 6.31. The topological polar surface area (TPSA) is 77.8 Å². The van der Waals surface area contributed by atoms with Crippen LogP contribution in [0.1, 0.15) is 17.4 Å². The third-order valence-corrected chi connectivity index (χ3v) is 1.94.